The Labute approximate surface area is 206 Å². The number of rotatable bonds is 13. The van der Waals surface area contributed by atoms with Gasteiger partial charge in [-0.15, -0.1) is 0 Å². The topological polar surface area (TPSA) is 71.5 Å². The standard InChI is InChI=1S/C27H45N5O2/c1-7-10-20(5)26-30-23-18-25(34-16-9-13-28-8-2)24(33-6)17-22(23)27(31-26)29-21-11-14-32(15-12-21)19(3)4/h17-21,28H,7-16H2,1-6H3,(H,29,30,31). The molecule has 3 rings (SSSR count). The lowest BCUT2D eigenvalue weighted by Crippen LogP contribution is -2.42. The highest BCUT2D eigenvalue weighted by Gasteiger charge is 2.23. The second-order valence-electron chi connectivity index (χ2n) is 9.74. The molecular formula is C27H45N5O2. The third-order valence-electron chi connectivity index (χ3n) is 6.77. The number of nitrogens with one attached hydrogen (secondary N) is 2. The van der Waals surface area contributed by atoms with Crippen molar-refractivity contribution in [3.8, 4) is 11.5 Å². The molecule has 0 amide bonds. The first kappa shape index (κ1) is 26.5. The van der Waals surface area contributed by atoms with Gasteiger partial charge in [-0.2, -0.15) is 0 Å². The van der Waals surface area contributed by atoms with Crippen LogP contribution in [0.2, 0.25) is 0 Å². The Kier molecular flexibility index (Phi) is 10.2. The largest absolute Gasteiger partial charge is 0.493 e. The molecule has 7 heteroatoms. The van der Waals surface area contributed by atoms with Crippen LogP contribution in [0.3, 0.4) is 0 Å². The lowest BCUT2D eigenvalue weighted by Gasteiger charge is -2.35. The average Bonchev–Trinajstić information content (AvgIpc) is 2.83. The fourth-order valence-electron chi connectivity index (χ4n) is 4.63. The number of methoxy groups -OCH3 is 1. The lowest BCUT2D eigenvalue weighted by atomic mass is 10.0. The highest BCUT2D eigenvalue weighted by atomic mass is 16.5. The van der Waals surface area contributed by atoms with Gasteiger partial charge in [0.05, 0.1) is 19.2 Å². The molecule has 2 N–H and O–H groups in total. The molecule has 2 heterocycles. The molecule has 190 valence electrons. The predicted octanol–water partition coefficient (Wildman–Crippen LogP) is 5.21. The molecule has 1 aromatic heterocycles. The maximum Gasteiger partial charge on any atom is 0.163 e. The van der Waals surface area contributed by atoms with Crippen molar-refractivity contribution in [3.63, 3.8) is 0 Å². The fourth-order valence-corrected chi connectivity index (χ4v) is 4.63. The molecule has 1 aliphatic rings. The highest BCUT2D eigenvalue weighted by molar-refractivity contribution is 5.92. The van der Waals surface area contributed by atoms with E-state index in [1.54, 1.807) is 7.11 Å². The molecule has 0 spiro atoms. The lowest BCUT2D eigenvalue weighted by molar-refractivity contribution is 0.177. The van der Waals surface area contributed by atoms with Crippen LogP contribution in [0.4, 0.5) is 5.82 Å². The van der Waals surface area contributed by atoms with E-state index in [4.69, 9.17) is 19.4 Å². The summed E-state index contributed by atoms with van der Waals surface area (Å²) in [6.45, 7) is 15.9. The maximum absolute atomic E-state index is 6.10. The van der Waals surface area contributed by atoms with Crippen LogP contribution in [-0.2, 0) is 0 Å². The molecule has 1 fully saturated rings. The van der Waals surface area contributed by atoms with Gasteiger partial charge >= 0.3 is 0 Å². The van der Waals surface area contributed by atoms with E-state index in [0.29, 0.717) is 24.6 Å². The van der Waals surface area contributed by atoms with Gasteiger partial charge in [0.15, 0.2) is 11.5 Å². The molecule has 1 unspecified atom stereocenters. The van der Waals surface area contributed by atoms with Crippen molar-refractivity contribution in [2.75, 3.05) is 45.2 Å². The molecule has 0 saturated carbocycles. The Hall–Kier alpha value is -2.12. The number of anilines is 1. The van der Waals surface area contributed by atoms with Crippen LogP contribution in [0.1, 0.15) is 78.5 Å². The predicted molar refractivity (Wildman–Crippen MR) is 141 cm³/mol. The van der Waals surface area contributed by atoms with E-state index in [1.807, 2.05) is 12.1 Å². The van der Waals surface area contributed by atoms with E-state index in [1.165, 1.54) is 0 Å². The number of benzene rings is 1. The highest BCUT2D eigenvalue weighted by Crippen LogP contribution is 2.36. The molecule has 2 aromatic rings. The van der Waals surface area contributed by atoms with Gasteiger partial charge in [0.2, 0.25) is 0 Å². The number of hydrogen-bond donors (Lipinski definition) is 2. The Morgan fingerprint density at radius 1 is 1.09 bits per heavy atom. The Morgan fingerprint density at radius 2 is 1.85 bits per heavy atom. The SMILES string of the molecule is CCCC(C)c1nc(NC2CCN(C(C)C)CC2)c2cc(OC)c(OCCCNCC)cc2n1. The van der Waals surface area contributed by atoms with Crippen LogP contribution in [0, 0.1) is 0 Å². The van der Waals surface area contributed by atoms with Crippen molar-refractivity contribution in [3.05, 3.63) is 18.0 Å². The van der Waals surface area contributed by atoms with Crippen LogP contribution < -0.4 is 20.1 Å². The summed E-state index contributed by atoms with van der Waals surface area (Å²) in [5.41, 5.74) is 0.914. The fraction of sp³-hybridized carbons (Fsp3) is 0.704. The normalized spacial score (nSPS) is 16.2. The zero-order valence-corrected chi connectivity index (χ0v) is 22.1. The minimum atomic E-state index is 0.310. The number of fused-ring (bicyclic) bond motifs is 1. The van der Waals surface area contributed by atoms with Gasteiger partial charge in [-0.05, 0) is 58.7 Å². The van der Waals surface area contributed by atoms with Crippen molar-refractivity contribution in [1.29, 1.82) is 0 Å². The number of nitrogens with zero attached hydrogens (tertiary/aromatic N) is 3. The zero-order chi connectivity index (χ0) is 24.5. The van der Waals surface area contributed by atoms with Gasteiger partial charge in [0.1, 0.15) is 11.6 Å². The second kappa shape index (κ2) is 13.1. The van der Waals surface area contributed by atoms with Crippen LogP contribution in [0.15, 0.2) is 12.1 Å². The second-order valence-corrected chi connectivity index (χ2v) is 9.74. The van der Waals surface area contributed by atoms with Gasteiger partial charge in [-0.25, -0.2) is 9.97 Å². The quantitative estimate of drug-likeness (QED) is 0.389. The Balaban J connectivity index is 1.89. The van der Waals surface area contributed by atoms with Crippen molar-refractivity contribution in [2.45, 2.75) is 84.7 Å². The number of ether oxygens (including phenoxy) is 2. The first-order chi connectivity index (χ1) is 16.5. The van der Waals surface area contributed by atoms with Gasteiger partial charge in [-0.3, -0.25) is 0 Å². The monoisotopic (exact) mass is 471 g/mol. The van der Waals surface area contributed by atoms with E-state index in [0.717, 1.165) is 92.3 Å². The maximum atomic E-state index is 6.10. The van der Waals surface area contributed by atoms with E-state index in [9.17, 15) is 0 Å². The summed E-state index contributed by atoms with van der Waals surface area (Å²) < 4.78 is 11.8. The third kappa shape index (κ3) is 6.95. The molecule has 1 aliphatic heterocycles. The summed E-state index contributed by atoms with van der Waals surface area (Å²) in [5, 5.41) is 8.11. The van der Waals surface area contributed by atoms with Crippen molar-refractivity contribution in [1.82, 2.24) is 20.2 Å². The minimum Gasteiger partial charge on any atom is -0.493 e. The summed E-state index contributed by atoms with van der Waals surface area (Å²) >= 11 is 0. The molecule has 0 radical (unpaired) electrons. The van der Waals surface area contributed by atoms with Crippen LogP contribution in [-0.4, -0.2) is 66.8 Å². The molecule has 7 nitrogen and oxygen atoms in total. The summed E-state index contributed by atoms with van der Waals surface area (Å²) in [4.78, 5) is 12.5. The summed E-state index contributed by atoms with van der Waals surface area (Å²) in [7, 11) is 1.69. The molecule has 0 bridgehead atoms. The third-order valence-corrected chi connectivity index (χ3v) is 6.77. The van der Waals surface area contributed by atoms with Crippen LogP contribution >= 0.6 is 0 Å². The van der Waals surface area contributed by atoms with Gasteiger partial charge < -0.3 is 25.0 Å². The summed E-state index contributed by atoms with van der Waals surface area (Å²) in [5.74, 6) is 3.61. The van der Waals surface area contributed by atoms with Crippen molar-refractivity contribution < 1.29 is 9.47 Å². The smallest absolute Gasteiger partial charge is 0.163 e. The van der Waals surface area contributed by atoms with Gasteiger partial charge in [-0.1, -0.05) is 27.2 Å². The number of piperidine rings is 1. The van der Waals surface area contributed by atoms with Crippen LogP contribution in [0.5, 0.6) is 11.5 Å². The number of likely N-dealkylation sites (tertiary alicyclic amines) is 1. The van der Waals surface area contributed by atoms with Crippen molar-refractivity contribution >= 4 is 16.7 Å². The molecule has 1 atom stereocenters. The van der Waals surface area contributed by atoms with Gasteiger partial charge in [0, 0.05) is 42.5 Å². The Bertz CT molecular complexity index is 896. The van der Waals surface area contributed by atoms with Gasteiger partial charge in [0.25, 0.3) is 0 Å². The first-order valence-corrected chi connectivity index (χ1v) is 13.2. The van der Waals surface area contributed by atoms with Crippen LogP contribution in [0.25, 0.3) is 10.9 Å². The molecular weight excluding hydrogens is 426 g/mol. The number of aromatic nitrogens is 2. The molecule has 1 saturated heterocycles. The zero-order valence-electron chi connectivity index (χ0n) is 22.1. The van der Waals surface area contributed by atoms with E-state index < -0.39 is 0 Å². The van der Waals surface area contributed by atoms with E-state index >= 15 is 0 Å². The van der Waals surface area contributed by atoms with E-state index in [-0.39, 0.29) is 0 Å². The average molecular weight is 472 g/mol. The van der Waals surface area contributed by atoms with Crippen molar-refractivity contribution in [2.24, 2.45) is 0 Å². The minimum absolute atomic E-state index is 0.310. The Morgan fingerprint density at radius 3 is 2.50 bits per heavy atom. The van der Waals surface area contributed by atoms with E-state index in [2.05, 4.69) is 50.2 Å². The first-order valence-electron chi connectivity index (χ1n) is 13.2. The number of hydrogen-bond acceptors (Lipinski definition) is 7. The molecule has 0 aliphatic carbocycles. The summed E-state index contributed by atoms with van der Waals surface area (Å²) in [6, 6.07) is 5.07. The summed E-state index contributed by atoms with van der Waals surface area (Å²) in [6.07, 6.45) is 5.37. The molecule has 1 aromatic carbocycles. The molecule has 34 heavy (non-hydrogen) atoms.